The van der Waals surface area contributed by atoms with Crippen LogP contribution in [0.25, 0.3) is 0 Å². The molecule has 2 atom stereocenters. The van der Waals surface area contributed by atoms with E-state index in [0.717, 1.165) is 16.9 Å². The van der Waals surface area contributed by atoms with Crippen LogP contribution in [0.2, 0.25) is 0 Å². The Kier molecular flexibility index (Phi) is 8.09. The largest absolute Gasteiger partial charge is 0.489 e. The summed E-state index contributed by atoms with van der Waals surface area (Å²) in [6.07, 6.45) is 3.85. The van der Waals surface area contributed by atoms with Crippen LogP contribution >= 0.6 is 0 Å². The Morgan fingerprint density at radius 2 is 1.65 bits per heavy atom. The van der Waals surface area contributed by atoms with E-state index >= 15 is 0 Å². The lowest BCUT2D eigenvalue weighted by molar-refractivity contribution is 0.0994. The SMILES string of the molecule is C[C@H](O)[C@@H](CCc1ccccc1OCc1ccc(C(C)(C)c2ccccc2)cc1)n1cnc(C(N)=O)c1. The van der Waals surface area contributed by atoms with Gasteiger partial charge in [-0.2, -0.15) is 0 Å². The number of ether oxygens (including phenoxy) is 1. The van der Waals surface area contributed by atoms with Crippen molar-refractivity contribution >= 4 is 5.91 Å². The fraction of sp³-hybridized carbons (Fsp3) is 0.290. The number of para-hydroxylation sites is 1. The van der Waals surface area contributed by atoms with Crippen molar-refractivity contribution in [3.05, 3.63) is 119 Å². The van der Waals surface area contributed by atoms with Crippen LogP contribution in [0.4, 0.5) is 0 Å². The van der Waals surface area contributed by atoms with Gasteiger partial charge in [-0.3, -0.25) is 4.79 Å². The number of hydrogen-bond donors (Lipinski definition) is 2. The standard InChI is InChI=1S/C31H35N3O3/c1-22(35)28(34-19-27(30(32)36)33-21-34)18-15-24-9-7-8-12-29(24)37-20-23-13-16-26(17-14-23)31(2,3)25-10-5-4-6-11-25/h4-14,16-17,19,21-22,28,35H,15,18,20H2,1-3H3,(H2,32,36)/t22-,28+/m0/s1. The van der Waals surface area contributed by atoms with Crippen molar-refractivity contribution in [3.8, 4) is 5.75 Å². The molecule has 1 amide bonds. The molecular weight excluding hydrogens is 462 g/mol. The smallest absolute Gasteiger partial charge is 0.268 e. The first-order valence-electron chi connectivity index (χ1n) is 12.6. The lowest BCUT2D eigenvalue weighted by atomic mass is 9.78. The van der Waals surface area contributed by atoms with Crippen LogP contribution in [0, 0.1) is 0 Å². The van der Waals surface area contributed by atoms with Crippen LogP contribution in [0.5, 0.6) is 5.75 Å². The van der Waals surface area contributed by atoms with Gasteiger partial charge in [0.15, 0.2) is 0 Å². The third-order valence-electron chi connectivity index (χ3n) is 7.04. The molecular formula is C31H35N3O3. The first kappa shape index (κ1) is 26.2. The lowest BCUT2D eigenvalue weighted by Gasteiger charge is -2.26. The van der Waals surface area contributed by atoms with Crippen molar-refractivity contribution in [1.29, 1.82) is 0 Å². The Morgan fingerprint density at radius 1 is 1.00 bits per heavy atom. The highest BCUT2D eigenvalue weighted by Crippen LogP contribution is 2.31. The second kappa shape index (κ2) is 11.4. The normalized spacial score (nSPS) is 13.2. The van der Waals surface area contributed by atoms with Gasteiger partial charge in [0.2, 0.25) is 0 Å². The molecule has 0 radical (unpaired) electrons. The van der Waals surface area contributed by atoms with E-state index < -0.39 is 12.0 Å². The number of aromatic nitrogens is 2. The van der Waals surface area contributed by atoms with Crippen molar-refractivity contribution in [2.75, 3.05) is 0 Å². The number of amides is 1. The van der Waals surface area contributed by atoms with Crippen LogP contribution in [0.3, 0.4) is 0 Å². The van der Waals surface area contributed by atoms with Crippen molar-refractivity contribution in [1.82, 2.24) is 9.55 Å². The number of benzene rings is 3. The highest BCUT2D eigenvalue weighted by molar-refractivity contribution is 5.90. The number of nitrogens with two attached hydrogens (primary N) is 1. The third kappa shape index (κ3) is 6.27. The molecule has 3 N–H and O–H groups in total. The number of primary amides is 1. The fourth-order valence-corrected chi connectivity index (χ4v) is 4.64. The molecule has 6 nitrogen and oxygen atoms in total. The third-order valence-corrected chi connectivity index (χ3v) is 7.04. The van der Waals surface area contributed by atoms with Crippen molar-refractivity contribution in [3.63, 3.8) is 0 Å². The van der Waals surface area contributed by atoms with Crippen LogP contribution < -0.4 is 10.5 Å². The molecule has 4 aromatic rings. The minimum Gasteiger partial charge on any atom is -0.489 e. The molecule has 0 saturated heterocycles. The molecule has 0 aliphatic carbocycles. The zero-order valence-corrected chi connectivity index (χ0v) is 21.7. The average molecular weight is 498 g/mol. The number of aliphatic hydroxyl groups excluding tert-OH is 1. The van der Waals surface area contributed by atoms with Gasteiger partial charge in [0, 0.05) is 11.6 Å². The van der Waals surface area contributed by atoms with E-state index in [1.54, 1.807) is 24.0 Å². The molecule has 0 saturated carbocycles. The molecule has 0 spiro atoms. The molecule has 192 valence electrons. The molecule has 3 aromatic carbocycles. The number of hydrogen-bond acceptors (Lipinski definition) is 4. The van der Waals surface area contributed by atoms with Gasteiger partial charge in [-0.15, -0.1) is 0 Å². The van der Waals surface area contributed by atoms with E-state index in [2.05, 4.69) is 67.4 Å². The summed E-state index contributed by atoms with van der Waals surface area (Å²) < 4.78 is 7.98. The van der Waals surface area contributed by atoms with Gasteiger partial charge in [-0.1, -0.05) is 86.6 Å². The van der Waals surface area contributed by atoms with Gasteiger partial charge >= 0.3 is 0 Å². The summed E-state index contributed by atoms with van der Waals surface area (Å²) in [5, 5.41) is 10.4. The van der Waals surface area contributed by atoms with Gasteiger partial charge in [0.05, 0.1) is 18.5 Å². The number of aryl methyl sites for hydroxylation is 1. The molecule has 37 heavy (non-hydrogen) atoms. The summed E-state index contributed by atoms with van der Waals surface area (Å²) >= 11 is 0. The quantitative estimate of drug-likeness (QED) is 0.289. The highest BCUT2D eigenvalue weighted by Gasteiger charge is 2.23. The maximum atomic E-state index is 11.4. The molecule has 1 heterocycles. The second-order valence-electron chi connectivity index (χ2n) is 10.0. The number of imidazole rings is 1. The number of aliphatic hydroxyl groups is 1. The average Bonchev–Trinajstić information content (AvgIpc) is 3.39. The zero-order valence-electron chi connectivity index (χ0n) is 21.7. The molecule has 6 heteroatoms. The topological polar surface area (TPSA) is 90.4 Å². The Bertz CT molecular complexity index is 1310. The highest BCUT2D eigenvalue weighted by atomic mass is 16.5. The van der Waals surface area contributed by atoms with Crippen molar-refractivity contribution < 1.29 is 14.6 Å². The molecule has 4 rings (SSSR count). The van der Waals surface area contributed by atoms with Crippen molar-refractivity contribution in [2.24, 2.45) is 5.73 Å². The number of rotatable bonds is 11. The van der Waals surface area contributed by atoms with Crippen molar-refractivity contribution in [2.45, 2.75) is 57.8 Å². The Hall–Kier alpha value is -3.90. The lowest BCUT2D eigenvalue weighted by Crippen LogP contribution is -2.21. The van der Waals surface area contributed by atoms with Gasteiger partial charge in [-0.25, -0.2) is 4.98 Å². The molecule has 0 aliphatic rings. The number of carbonyl (C=O) groups is 1. The van der Waals surface area contributed by atoms with E-state index in [9.17, 15) is 9.90 Å². The minimum absolute atomic E-state index is 0.0823. The minimum atomic E-state index is -0.623. The maximum Gasteiger partial charge on any atom is 0.268 e. The molecule has 0 aliphatic heterocycles. The zero-order chi connectivity index (χ0) is 26.4. The summed E-state index contributed by atoms with van der Waals surface area (Å²) in [5.74, 6) is 0.238. The summed E-state index contributed by atoms with van der Waals surface area (Å²) in [5.41, 5.74) is 10.1. The van der Waals surface area contributed by atoms with E-state index in [1.807, 2.05) is 30.3 Å². The summed E-state index contributed by atoms with van der Waals surface area (Å²) in [6.45, 7) is 6.68. The first-order chi connectivity index (χ1) is 17.8. The second-order valence-corrected chi connectivity index (χ2v) is 10.0. The van der Waals surface area contributed by atoms with Crippen LogP contribution in [-0.2, 0) is 18.4 Å². The van der Waals surface area contributed by atoms with Crippen LogP contribution in [0.1, 0.15) is 66.0 Å². The van der Waals surface area contributed by atoms with E-state index in [-0.39, 0.29) is 17.2 Å². The number of nitrogens with zero attached hydrogens (tertiary/aromatic N) is 2. The molecule has 0 unspecified atom stereocenters. The number of carbonyl (C=O) groups excluding carboxylic acids is 1. The van der Waals surface area contributed by atoms with Crippen LogP contribution in [-0.4, -0.2) is 26.7 Å². The molecule has 0 bridgehead atoms. The van der Waals surface area contributed by atoms with E-state index in [0.29, 0.717) is 19.4 Å². The molecule has 0 fully saturated rings. The fourth-order valence-electron chi connectivity index (χ4n) is 4.64. The van der Waals surface area contributed by atoms with E-state index in [4.69, 9.17) is 10.5 Å². The van der Waals surface area contributed by atoms with Gasteiger partial charge in [0.1, 0.15) is 18.1 Å². The monoisotopic (exact) mass is 497 g/mol. The van der Waals surface area contributed by atoms with Gasteiger partial charge in [0.25, 0.3) is 5.91 Å². The predicted molar refractivity (Wildman–Crippen MR) is 146 cm³/mol. The maximum absolute atomic E-state index is 11.4. The predicted octanol–water partition coefficient (Wildman–Crippen LogP) is 5.44. The Balaban J connectivity index is 1.41. The van der Waals surface area contributed by atoms with E-state index in [1.165, 1.54) is 11.1 Å². The summed E-state index contributed by atoms with van der Waals surface area (Å²) in [4.78, 5) is 15.5. The van der Waals surface area contributed by atoms with Gasteiger partial charge < -0.3 is 20.1 Å². The van der Waals surface area contributed by atoms with Gasteiger partial charge in [-0.05, 0) is 48.1 Å². The molecule has 1 aromatic heterocycles. The summed E-state index contributed by atoms with van der Waals surface area (Å²) in [6, 6.07) is 26.9. The van der Waals surface area contributed by atoms with Crippen LogP contribution in [0.15, 0.2) is 91.4 Å². The first-order valence-corrected chi connectivity index (χ1v) is 12.6. The Labute approximate surface area is 218 Å². The summed E-state index contributed by atoms with van der Waals surface area (Å²) in [7, 11) is 0. The Morgan fingerprint density at radius 3 is 2.30 bits per heavy atom.